The molecule has 0 spiro atoms. The maximum Gasteiger partial charge on any atom is 0.315 e. The summed E-state index contributed by atoms with van der Waals surface area (Å²) in [5.41, 5.74) is 2.40. The maximum atomic E-state index is 14.1. The van der Waals surface area contributed by atoms with Gasteiger partial charge in [-0.25, -0.2) is 4.39 Å². The smallest absolute Gasteiger partial charge is 0.315 e. The van der Waals surface area contributed by atoms with Crippen LogP contribution in [0.2, 0.25) is 0 Å². The molecule has 1 aliphatic heterocycles. The Labute approximate surface area is 171 Å². The molecule has 2 atom stereocenters. The number of rotatable bonds is 3. The number of esters is 1. The molecule has 0 amide bonds. The van der Waals surface area contributed by atoms with E-state index in [4.69, 9.17) is 9.73 Å². The van der Waals surface area contributed by atoms with Crippen LogP contribution in [0.4, 0.5) is 4.39 Å². The predicted molar refractivity (Wildman–Crippen MR) is 109 cm³/mol. The van der Waals surface area contributed by atoms with Crippen molar-refractivity contribution in [3.63, 3.8) is 0 Å². The largest absolute Gasteiger partial charge is 0.462 e. The number of allylic oxidation sites excluding steroid dienone is 2. The van der Waals surface area contributed by atoms with Gasteiger partial charge in [0.15, 0.2) is 5.78 Å². The average molecular weight is 397 g/mol. The summed E-state index contributed by atoms with van der Waals surface area (Å²) < 4.78 is 19.9. The third kappa shape index (κ3) is 3.92. The molecule has 2 aliphatic carbocycles. The Morgan fingerprint density at radius 2 is 1.93 bits per heavy atom. The first kappa shape index (κ1) is 20.0. The van der Waals surface area contributed by atoms with E-state index in [1.54, 1.807) is 12.1 Å². The number of aliphatic imine (C=N–C) groups is 1. The van der Waals surface area contributed by atoms with Gasteiger partial charge in [-0.2, -0.15) is 0 Å². The number of halogens is 1. The van der Waals surface area contributed by atoms with Crippen molar-refractivity contribution < 1.29 is 18.7 Å². The molecule has 0 aromatic heterocycles. The van der Waals surface area contributed by atoms with Gasteiger partial charge < -0.3 is 4.74 Å². The lowest BCUT2D eigenvalue weighted by Gasteiger charge is -2.39. The van der Waals surface area contributed by atoms with E-state index in [0.29, 0.717) is 29.7 Å². The van der Waals surface area contributed by atoms with E-state index < -0.39 is 11.8 Å². The van der Waals surface area contributed by atoms with Gasteiger partial charge in [0.25, 0.3) is 0 Å². The highest BCUT2D eigenvalue weighted by molar-refractivity contribution is 6.09. The summed E-state index contributed by atoms with van der Waals surface area (Å²) in [6.45, 7) is 5.93. The molecule has 1 heterocycles. The van der Waals surface area contributed by atoms with Gasteiger partial charge in [-0.05, 0) is 62.1 Å². The number of benzene rings is 1. The highest BCUT2D eigenvalue weighted by Crippen LogP contribution is 2.48. The highest BCUT2D eigenvalue weighted by Gasteiger charge is 2.46. The monoisotopic (exact) mass is 397 g/mol. The van der Waals surface area contributed by atoms with Gasteiger partial charge in [-0.3, -0.25) is 14.6 Å². The van der Waals surface area contributed by atoms with Crippen LogP contribution in [0.1, 0.15) is 70.8 Å². The van der Waals surface area contributed by atoms with Crippen LogP contribution in [0.25, 0.3) is 0 Å². The van der Waals surface area contributed by atoms with Crippen molar-refractivity contribution in [1.29, 1.82) is 0 Å². The van der Waals surface area contributed by atoms with Crippen molar-refractivity contribution in [2.24, 2.45) is 16.3 Å². The fourth-order valence-electron chi connectivity index (χ4n) is 5.05. The first-order chi connectivity index (χ1) is 13.7. The molecule has 0 radical (unpaired) electrons. The van der Waals surface area contributed by atoms with Crippen molar-refractivity contribution in [2.75, 3.05) is 0 Å². The van der Waals surface area contributed by atoms with Crippen molar-refractivity contribution in [3.8, 4) is 0 Å². The van der Waals surface area contributed by atoms with Crippen molar-refractivity contribution in [3.05, 3.63) is 46.9 Å². The first-order valence-corrected chi connectivity index (χ1v) is 10.5. The lowest BCUT2D eigenvalue weighted by Crippen LogP contribution is -2.40. The van der Waals surface area contributed by atoms with Gasteiger partial charge in [0, 0.05) is 29.3 Å². The zero-order valence-corrected chi connectivity index (χ0v) is 17.3. The van der Waals surface area contributed by atoms with Gasteiger partial charge in [-0.15, -0.1) is 0 Å². The van der Waals surface area contributed by atoms with Crippen LogP contribution < -0.4 is 0 Å². The number of Topliss-reactive ketones (excluding diaryl/α,β-unsaturated/α-hetero) is 1. The fraction of sp³-hybridized carbons (Fsp3) is 0.542. The number of ether oxygens (including phenoxy) is 1. The molecule has 29 heavy (non-hydrogen) atoms. The minimum absolute atomic E-state index is 0.000396. The van der Waals surface area contributed by atoms with Crippen molar-refractivity contribution in [2.45, 2.75) is 71.3 Å². The standard InChI is InChI=1S/C24H28FNO3/c1-14-20(23(28)29-17-9-4-5-10-17)21(15-7-6-8-16(25)11-15)22-18(26-14)12-24(2,3)13-19(22)27/h6-8,11,17,20-21H,4-5,9-10,12-13H2,1-3H3/t20?,21-/m0/s1. The summed E-state index contributed by atoms with van der Waals surface area (Å²) in [7, 11) is 0. The zero-order chi connectivity index (χ0) is 20.8. The molecule has 1 aromatic carbocycles. The van der Waals surface area contributed by atoms with Gasteiger partial charge >= 0.3 is 5.97 Å². The Bertz CT molecular complexity index is 908. The van der Waals surface area contributed by atoms with Gasteiger partial charge in [-0.1, -0.05) is 26.0 Å². The lowest BCUT2D eigenvalue weighted by molar-refractivity contribution is -0.151. The van der Waals surface area contributed by atoms with E-state index in [1.807, 2.05) is 6.92 Å². The molecule has 154 valence electrons. The lowest BCUT2D eigenvalue weighted by atomic mass is 9.67. The molecule has 5 heteroatoms. The third-order valence-electron chi connectivity index (χ3n) is 6.35. The highest BCUT2D eigenvalue weighted by atomic mass is 19.1. The molecular weight excluding hydrogens is 369 g/mol. The second-order valence-corrected chi connectivity index (χ2v) is 9.41. The Kier molecular flexibility index (Phi) is 5.18. The number of nitrogens with zero attached hydrogens (tertiary/aromatic N) is 1. The second kappa shape index (κ2) is 7.51. The Hall–Kier alpha value is -2.30. The molecule has 0 bridgehead atoms. The molecule has 4 rings (SSSR count). The number of hydrogen-bond donors (Lipinski definition) is 0. The van der Waals surface area contributed by atoms with E-state index in [9.17, 15) is 14.0 Å². The molecule has 4 nitrogen and oxygen atoms in total. The van der Waals surface area contributed by atoms with Crippen molar-refractivity contribution >= 4 is 17.5 Å². The van der Waals surface area contributed by atoms with Gasteiger partial charge in [0.05, 0.1) is 0 Å². The van der Waals surface area contributed by atoms with E-state index >= 15 is 0 Å². The molecule has 1 fully saturated rings. The van der Waals surface area contributed by atoms with Crippen molar-refractivity contribution in [1.82, 2.24) is 0 Å². The maximum absolute atomic E-state index is 14.1. The fourth-order valence-corrected chi connectivity index (χ4v) is 5.05. The van der Waals surface area contributed by atoms with Crippen LogP contribution in [0.15, 0.2) is 40.5 Å². The van der Waals surface area contributed by atoms with Gasteiger partial charge in [0.2, 0.25) is 0 Å². The summed E-state index contributed by atoms with van der Waals surface area (Å²) in [6.07, 6.45) is 4.87. The van der Waals surface area contributed by atoms with Crippen LogP contribution in [0.5, 0.6) is 0 Å². The quantitative estimate of drug-likeness (QED) is 0.665. The summed E-state index contributed by atoms with van der Waals surface area (Å²) in [5, 5.41) is 0. The SMILES string of the molecule is CC1=NC2=C(C(=O)CC(C)(C)C2)[C@@H](c2cccc(F)c2)C1C(=O)OC1CCCC1. The summed E-state index contributed by atoms with van der Waals surface area (Å²) >= 11 is 0. The number of carbonyl (C=O) groups is 2. The van der Waals surface area contributed by atoms with E-state index in [0.717, 1.165) is 31.4 Å². The van der Waals surface area contributed by atoms with Crippen LogP contribution in [0.3, 0.4) is 0 Å². The Morgan fingerprint density at radius 3 is 2.62 bits per heavy atom. The molecule has 1 unspecified atom stereocenters. The summed E-state index contributed by atoms with van der Waals surface area (Å²) in [4.78, 5) is 31.1. The first-order valence-electron chi connectivity index (χ1n) is 10.5. The number of hydrogen-bond acceptors (Lipinski definition) is 4. The van der Waals surface area contributed by atoms with Crippen LogP contribution in [-0.2, 0) is 14.3 Å². The minimum Gasteiger partial charge on any atom is -0.462 e. The Balaban J connectivity index is 1.78. The van der Waals surface area contributed by atoms with E-state index in [-0.39, 0.29) is 29.1 Å². The number of carbonyl (C=O) groups excluding carboxylic acids is 2. The third-order valence-corrected chi connectivity index (χ3v) is 6.35. The van der Waals surface area contributed by atoms with Crippen LogP contribution >= 0.6 is 0 Å². The Morgan fingerprint density at radius 1 is 1.21 bits per heavy atom. The topological polar surface area (TPSA) is 55.7 Å². The molecule has 1 saturated carbocycles. The summed E-state index contributed by atoms with van der Waals surface area (Å²) in [5.74, 6) is -1.97. The molecule has 1 aromatic rings. The van der Waals surface area contributed by atoms with Crippen LogP contribution in [0, 0.1) is 17.2 Å². The second-order valence-electron chi connectivity index (χ2n) is 9.41. The van der Waals surface area contributed by atoms with E-state index in [1.165, 1.54) is 12.1 Å². The van der Waals surface area contributed by atoms with Crippen LogP contribution in [-0.4, -0.2) is 23.6 Å². The van der Waals surface area contributed by atoms with Gasteiger partial charge in [0.1, 0.15) is 17.8 Å². The van der Waals surface area contributed by atoms with E-state index in [2.05, 4.69) is 13.8 Å². The molecule has 3 aliphatic rings. The number of ketones is 1. The normalized spacial score (nSPS) is 26.9. The molecule has 0 N–H and O–H groups in total. The average Bonchev–Trinajstić information content (AvgIpc) is 3.12. The zero-order valence-electron chi connectivity index (χ0n) is 17.3. The molecule has 0 saturated heterocycles. The predicted octanol–water partition coefficient (Wildman–Crippen LogP) is 5.13. The summed E-state index contributed by atoms with van der Waals surface area (Å²) in [6, 6.07) is 6.22. The molecular formula is C24H28FNO3. The minimum atomic E-state index is -0.693.